The molecule has 0 aliphatic rings. The molecule has 27 heavy (non-hydrogen) atoms. The lowest BCUT2D eigenvalue weighted by atomic mass is 10.1. The van der Waals surface area contributed by atoms with Crippen molar-refractivity contribution in [3.8, 4) is 11.5 Å². The fourth-order valence-electron chi connectivity index (χ4n) is 3.00. The largest absolute Gasteiger partial charge is 0.493 e. The monoisotopic (exact) mass is 372 g/mol. The van der Waals surface area contributed by atoms with Gasteiger partial charge in [0.1, 0.15) is 6.33 Å². The third kappa shape index (κ3) is 3.95. The predicted octanol–water partition coefficient (Wildman–Crippen LogP) is 2.98. The lowest BCUT2D eigenvalue weighted by Gasteiger charge is -2.30. The molecule has 0 radical (unpaired) electrons. The Labute approximate surface area is 158 Å². The van der Waals surface area contributed by atoms with Crippen molar-refractivity contribution in [3.05, 3.63) is 36.0 Å². The molecular formula is C19H24N4O4. The van der Waals surface area contributed by atoms with Crippen LogP contribution in [0.15, 0.2) is 28.9 Å². The lowest BCUT2D eigenvalue weighted by Crippen LogP contribution is -2.36. The van der Waals surface area contributed by atoms with E-state index in [-0.39, 0.29) is 6.04 Å². The predicted molar refractivity (Wildman–Crippen MR) is 101 cm³/mol. The molecule has 0 N–H and O–H groups in total. The van der Waals surface area contributed by atoms with E-state index in [2.05, 4.69) is 26.8 Å². The molecule has 8 heteroatoms. The number of methoxy groups -OCH3 is 3. The van der Waals surface area contributed by atoms with Crippen LogP contribution in [0.25, 0.3) is 11.2 Å². The molecule has 0 spiro atoms. The number of hydrogen-bond acceptors (Lipinski definition) is 8. The number of oxazole rings is 1. The number of anilines is 1. The first-order valence-electron chi connectivity index (χ1n) is 8.62. The van der Waals surface area contributed by atoms with E-state index in [1.54, 1.807) is 28.3 Å². The SMILES string of the molecule is COC[C@@H](C)N(Cc1ccc(OC)c(OC)c1)c1ncnc2oc(C)nc12. The van der Waals surface area contributed by atoms with Crippen molar-refractivity contribution in [2.24, 2.45) is 0 Å². The maximum Gasteiger partial charge on any atom is 0.252 e. The molecule has 0 aliphatic heterocycles. The number of aromatic nitrogens is 3. The number of ether oxygens (including phenoxy) is 3. The molecule has 1 aromatic carbocycles. The van der Waals surface area contributed by atoms with Gasteiger partial charge in [-0.2, -0.15) is 4.98 Å². The van der Waals surface area contributed by atoms with Gasteiger partial charge in [-0.25, -0.2) is 9.97 Å². The Balaban J connectivity index is 2.01. The summed E-state index contributed by atoms with van der Waals surface area (Å²) < 4.78 is 21.7. The van der Waals surface area contributed by atoms with Crippen LogP contribution in [0.1, 0.15) is 18.4 Å². The fraction of sp³-hybridized carbons (Fsp3) is 0.421. The molecule has 144 valence electrons. The van der Waals surface area contributed by atoms with E-state index in [9.17, 15) is 0 Å². The molecule has 1 atom stereocenters. The van der Waals surface area contributed by atoms with Crippen molar-refractivity contribution in [1.82, 2.24) is 15.0 Å². The summed E-state index contributed by atoms with van der Waals surface area (Å²) in [6.45, 7) is 4.99. The van der Waals surface area contributed by atoms with Gasteiger partial charge in [0.2, 0.25) is 0 Å². The quantitative estimate of drug-likeness (QED) is 0.597. The van der Waals surface area contributed by atoms with Crippen LogP contribution in [0.3, 0.4) is 0 Å². The second kappa shape index (κ2) is 8.22. The second-order valence-corrected chi connectivity index (χ2v) is 6.21. The van der Waals surface area contributed by atoms with E-state index in [1.807, 2.05) is 18.2 Å². The number of aryl methyl sites for hydroxylation is 1. The summed E-state index contributed by atoms with van der Waals surface area (Å²) in [6, 6.07) is 5.90. The van der Waals surface area contributed by atoms with Crippen LogP contribution in [-0.4, -0.2) is 48.9 Å². The van der Waals surface area contributed by atoms with Gasteiger partial charge in [-0.1, -0.05) is 6.07 Å². The van der Waals surface area contributed by atoms with Gasteiger partial charge < -0.3 is 23.5 Å². The minimum absolute atomic E-state index is 0.0539. The molecule has 0 unspecified atom stereocenters. The average Bonchev–Trinajstić information content (AvgIpc) is 3.06. The summed E-state index contributed by atoms with van der Waals surface area (Å²) in [4.78, 5) is 15.2. The normalized spacial score (nSPS) is 12.2. The Kier molecular flexibility index (Phi) is 5.75. The summed E-state index contributed by atoms with van der Waals surface area (Å²) >= 11 is 0. The van der Waals surface area contributed by atoms with Gasteiger partial charge in [-0.05, 0) is 24.6 Å². The first-order chi connectivity index (χ1) is 13.1. The van der Waals surface area contributed by atoms with Crippen molar-refractivity contribution in [1.29, 1.82) is 0 Å². The Hall–Kier alpha value is -2.87. The van der Waals surface area contributed by atoms with Gasteiger partial charge in [0.15, 0.2) is 28.7 Å². The highest BCUT2D eigenvalue weighted by molar-refractivity contribution is 5.81. The zero-order chi connectivity index (χ0) is 19.4. The van der Waals surface area contributed by atoms with Gasteiger partial charge in [0.25, 0.3) is 5.71 Å². The summed E-state index contributed by atoms with van der Waals surface area (Å²) in [5.41, 5.74) is 2.15. The molecule has 0 fully saturated rings. The van der Waals surface area contributed by atoms with E-state index < -0.39 is 0 Å². The van der Waals surface area contributed by atoms with Gasteiger partial charge >= 0.3 is 0 Å². The lowest BCUT2D eigenvalue weighted by molar-refractivity contribution is 0.181. The number of hydrogen-bond donors (Lipinski definition) is 0. The number of rotatable bonds is 8. The molecule has 2 heterocycles. The van der Waals surface area contributed by atoms with E-state index in [1.165, 1.54) is 6.33 Å². The van der Waals surface area contributed by atoms with Crippen molar-refractivity contribution < 1.29 is 18.6 Å². The van der Waals surface area contributed by atoms with E-state index in [4.69, 9.17) is 18.6 Å². The molecule has 0 amide bonds. The van der Waals surface area contributed by atoms with Crippen LogP contribution in [-0.2, 0) is 11.3 Å². The average molecular weight is 372 g/mol. The maximum absolute atomic E-state index is 5.56. The Morgan fingerprint density at radius 3 is 2.59 bits per heavy atom. The van der Waals surface area contributed by atoms with Gasteiger partial charge in [-0.3, -0.25) is 0 Å². The van der Waals surface area contributed by atoms with Crippen LogP contribution in [0, 0.1) is 6.92 Å². The van der Waals surface area contributed by atoms with Crippen molar-refractivity contribution >= 4 is 17.0 Å². The maximum atomic E-state index is 5.56. The standard InChI is InChI=1S/C19H24N4O4/c1-12(10-24-3)23(9-14-6-7-15(25-4)16(8-14)26-5)18-17-19(21-11-20-18)27-13(2)22-17/h6-8,11-12H,9-10H2,1-5H3/t12-/m1/s1. The zero-order valence-electron chi connectivity index (χ0n) is 16.2. The highest BCUT2D eigenvalue weighted by Gasteiger charge is 2.22. The highest BCUT2D eigenvalue weighted by atomic mass is 16.5. The topological polar surface area (TPSA) is 82.7 Å². The van der Waals surface area contributed by atoms with Crippen LogP contribution < -0.4 is 14.4 Å². The van der Waals surface area contributed by atoms with Crippen LogP contribution in [0.2, 0.25) is 0 Å². The molecule has 0 aliphatic carbocycles. The Bertz CT molecular complexity index is 912. The first kappa shape index (κ1) is 18.9. The Morgan fingerprint density at radius 2 is 1.89 bits per heavy atom. The van der Waals surface area contributed by atoms with E-state index in [0.717, 1.165) is 5.56 Å². The number of fused-ring (bicyclic) bond motifs is 1. The smallest absolute Gasteiger partial charge is 0.252 e. The summed E-state index contributed by atoms with van der Waals surface area (Å²) in [7, 11) is 4.93. The molecule has 3 rings (SSSR count). The van der Waals surface area contributed by atoms with Gasteiger partial charge in [0, 0.05) is 20.6 Å². The van der Waals surface area contributed by atoms with Crippen molar-refractivity contribution in [3.63, 3.8) is 0 Å². The van der Waals surface area contributed by atoms with Gasteiger partial charge in [0.05, 0.1) is 26.9 Å². The van der Waals surface area contributed by atoms with E-state index >= 15 is 0 Å². The minimum atomic E-state index is 0.0539. The second-order valence-electron chi connectivity index (χ2n) is 6.21. The molecule has 3 aromatic rings. The molecule has 0 saturated carbocycles. The first-order valence-corrected chi connectivity index (χ1v) is 8.62. The third-order valence-electron chi connectivity index (χ3n) is 4.30. The molecule has 8 nitrogen and oxygen atoms in total. The zero-order valence-corrected chi connectivity index (χ0v) is 16.2. The van der Waals surface area contributed by atoms with Gasteiger partial charge in [-0.15, -0.1) is 0 Å². The summed E-state index contributed by atoms with van der Waals surface area (Å²) in [5, 5.41) is 0. The van der Waals surface area contributed by atoms with Crippen LogP contribution in [0.4, 0.5) is 5.82 Å². The highest BCUT2D eigenvalue weighted by Crippen LogP contribution is 2.30. The summed E-state index contributed by atoms with van der Waals surface area (Å²) in [6.07, 6.45) is 1.49. The molecule has 0 saturated heterocycles. The van der Waals surface area contributed by atoms with E-state index in [0.29, 0.717) is 47.6 Å². The third-order valence-corrected chi connectivity index (χ3v) is 4.30. The molecule has 0 bridgehead atoms. The number of nitrogens with zero attached hydrogens (tertiary/aromatic N) is 4. The van der Waals surface area contributed by atoms with Crippen LogP contribution in [0.5, 0.6) is 11.5 Å². The number of benzene rings is 1. The fourth-order valence-corrected chi connectivity index (χ4v) is 3.00. The van der Waals surface area contributed by atoms with Crippen LogP contribution >= 0.6 is 0 Å². The van der Waals surface area contributed by atoms with Crippen molar-refractivity contribution in [2.45, 2.75) is 26.4 Å². The van der Waals surface area contributed by atoms with Crippen molar-refractivity contribution in [2.75, 3.05) is 32.8 Å². The summed E-state index contributed by atoms with van der Waals surface area (Å²) in [5.74, 6) is 2.63. The molecular weight excluding hydrogens is 348 g/mol. The Morgan fingerprint density at radius 1 is 1.11 bits per heavy atom. The molecule has 2 aromatic heterocycles. The minimum Gasteiger partial charge on any atom is -0.493 e.